The first-order chi connectivity index (χ1) is 14.9. The third-order valence-electron chi connectivity index (χ3n) is 5.90. The van der Waals surface area contributed by atoms with Gasteiger partial charge in [0.05, 0.1) is 40.7 Å². The third-order valence-corrected chi connectivity index (χ3v) is 6.95. The Kier molecular flexibility index (Phi) is 5.09. The monoisotopic (exact) mass is 442 g/mol. The van der Waals surface area contributed by atoms with E-state index in [0.29, 0.717) is 18.2 Å². The van der Waals surface area contributed by atoms with Crippen LogP contribution in [0.4, 0.5) is 5.82 Å². The Morgan fingerprint density at radius 2 is 1.97 bits per heavy atom. The molecule has 3 heterocycles. The maximum absolute atomic E-state index is 9.89. The van der Waals surface area contributed by atoms with Crippen LogP contribution in [0.5, 0.6) is 6.01 Å². The van der Waals surface area contributed by atoms with Gasteiger partial charge in [0.25, 0.3) is 0 Å². The molecular weight excluding hydrogens is 416 g/mol. The molecule has 2 aromatic heterocycles. The number of para-hydroxylation sites is 1. The van der Waals surface area contributed by atoms with Gasteiger partial charge >= 0.3 is 6.01 Å². The average molecular weight is 443 g/mol. The Morgan fingerprint density at radius 3 is 2.71 bits per heavy atom. The summed E-state index contributed by atoms with van der Waals surface area (Å²) in [5.41, 5.74) is 2.58. The van der Waals surface area contributed by atoms with E-state index in [1.807, 2.05) is 39.0 Å². The van der Waals surface area contributed by atoms with E-state index in [1.165, 1.54) is 0 Å². The van der Waals surface area contributed by atoms with Crippen molar-refractivity contribution in [1.82, 2.24) is 15.0 Å². The standard InChI is InChI=1S/C22H26N4O4S/c1-11-16(20-25-13-7-5-6-8-15(13)31-20)19(26-21(23-11)28-4)24-14-9-12(10-27)17-18(14)30-22(2,3)29-17/h5-8,12,14,17-18,27H,9-10H2,1-4H3,(H,23,24,26)/t12-,14-,17-,18+/m1/s1. The maximum Gasteiger partial charge on any atom is 0.318 e. The molecule has 4 atom stereocenters. The van der Waals surface area contributed by atoms with Crippen molar-refractivity contribution in [3.63, 3.8) is 0 Å². The normalized spacial score (nSPS) is 26.9. The molecule has 1 aromatic carbocycles. The fraction of sp³-hybridized carbons (Fsp3) is 0.500. The number of aromatic nitrogens is 3. The lowest BCUT2D eigenvalue weighted by Crippen LogP contribution is -2.35. The van der Waals surface area contributed by atoms with E-state index >= 15 is 0 Å². The fourth-order valence-corrected chi connectivity index (χ4v) is 5.62. The number of nitrogens with zero attached hydrogens (tertiary/aromatic N) is 3. The summed E-state index contributed by atoms with van der Waals surface area (Å²) in [6.45, 7) is 5.79. The molecule has 3 aromatic rings. The predicted molar refractivity (Wildman–Crippen MR) is 118 cm³/mol. The number of aryl methyl sites for hydroxylation is 1. The first-order valence-corrected chi connectivity index (χ1v) is 11.2. The Hall–Kier alpha value is -2.33. The van der Waals surface area contributed by atoms with Gasteiger partial charge in [-0.1, -0.05) is 12.1 Å². The van der Waals surface area contributed by atoms with Crippen LogP contribution in [0.2, 0.25) is 0 Å². The summed E-state index contributed by atoms with van der Waals surface area (Å²) in [5.74, 6) is -0.0304. The minimum absolute atomic E-state index is 0.00000517. The second-order valence-electron chi connectivity index (χ2n) is 8.50. The number of nitrogens with one attached hydrogen (secondary N) is 1. The first kappa shape index (κ1) is 20.6. The molecule has 9 heteroatoms. The van der Waals surface area contributed by atoms with E-state index in [0.717, 1.165) is 26.5 Å². The zero-order valence-electron chi connectivity index (χ0n) is 18.0. The van der Waals surface area contributed by atoms with Gasteiger partial charge in [-0.25, -0.2) is 4.98 Å². The highest BCUT2D eigenvalue weighted by molar-refractivity contribution is 7.21. The number of hydrogen-bond acceptors (Lipinski definition) is 9. The van der Waals surface area contributed by atoms with E-state index < -0.39 is 5.79 Å². The molecule has 2 N–H and O–H groups in total. The van der Waals surface area contributed by atoms with Crippen LogP contribution in [0, 0.1) is 12.8 Å². The van der Waals surface area contributed by atoms with Crippen LogP contribution in [-0.4, -0.2) is 57.8 Å². The largest absolute Gasteiger partial charge is 0.467 e. The second-order valence-corrected chi connectivity index (χ2v) is 9.53. The smallest absolute Gasteiger partial charge is 0.318 e. The lowest BCUT2D eigenvalue weighted by Gasteiger charge is -2.24. The Morgan fingerprint density at radius 1 is 1.19 bits per heavy atom. The number of benzene rings is 1. The van der Waals surface area contributed by atoms with Crippen LogP contribution < -0.4 is 10.1 Å². The summed E-state index contributed by atoms with van der Waals surface area (Å²) in [4.78, 5) is 13.9. The van der Waals surface area contributed by atoms with Gasteiger partial charge in [-0.15, -0.1) is 11.3 Å². The average Bonchev–Trinajstić information content (AvgIpc) is 3.38. The molecule has 0 bridgehead atoms. The summed E-state index contributed by atoms with van der Waals surface area (Å²) in [7, 11) is 1.56. The molecule has 0 spiro atoms. The van der Waals surface area contributed by atoms with E-state index in [1.54, 1.807) is 18.4 Å². The highest BCUT2D eigenvalue weighted by Gasteiger charge is 2.54. The number of hydrogen-bond donors (Lipinski definition) is 2. The van der Waals surface area contributed by atoms with Crippen molar-refractivity contribution < 1.29 is 19.3 Å². The molecule has 164 valence electrons. The molecule has 0 radical (unpaired) electrons. The van der Waals surface area contributed by atoms with Crippen molar-refractivity contribution in [1.29, 1.82) is 0 Å². The van der Waals surface area contributed by atoms with Gasteiger partial charge in [0.15, 0.2) is 5.79 Å². The van der Waals surface area contributed by atoms with Crippen LogP contribution >= 0.6 is 11.3 Å². The third kappa shape index (κ3) is 3.65. The first-order valence-electron chi connectivity index (χ1n) is 10.4. The molecule has 8 nitrogen and oxygen atoms in total. The van der Waals surface area contributed by atoms with Crippen LogP contribution in [0.3, 0.4) is 0 Å². The molecule has 5 rings (SSSR count). The van der Waals surface area contributed by atoms with Gasteiger partial charge in [-0.3, -0.25) is 0 Å². The van der Waals surface area contributed by atoms with Gasteiger partial charge < -0.3 is 24.6 Å². The molecule has 31 heavy (non-hydrogen) atoms. The van der Waals surface area contributed by atoms with Gasteiger partial charge in [0, 0.05) is 12.5 Å². The Bertz CT molecular complexity index is 1090. The van der Waals surface area contributed by atoms with Crippen molar-refractivity contribution in [2.75, 3.05) is 19.0 Å². The number of aliphatic hydroxyl groups excluding tert-OH is 1. The molecule has 1 saturated carbocycles. The molecule has 2 aliphatic rings. The number of anilines is 1. The van der Waals surface area contributed by atoms with E-state index in [2.05, 4.69) is 21.4 Å². The Balaban J connectivity index is 1.55. The minimum Gasteiger partial charge on any atom is -0.467 e. The summed E-state index contributed by atoms with van der Waals surface area (Å²) in [5, 5.41) is 14.3. The zero-order valence-corrected chi connectivity index (χ0v) is 18.8. The van der Waals surface area contributed by atoms with Gasteiger partial charge in [-0.05, 0) is 39.3 Å². The van der Waals surface area contributed by atoms with Crippen LogP contribution in [0.25, 0.3) is 20.8 Å². The van der Waals surface area contributed by atoms with Gasteiger partial charge in [-0.2, -0.15) is 9.97 Å². The summed E-state index contributed by atoms with van der Waals surface area (Å²) in [6.07, 6.45) is 0.372. The predicted octanol–water partition coefficient (Wildman–Crippen LogP) is 3.38. The Labute approximate surface area is 184 Å². The maximum atomic E-state index is 9.89. The molecular formula is C22H26N4O4S. The molecule has 0 amide bonds. The summed E-state index contributed by atoms with van der Waals surface area (Å²) in [6, 6.07) is 8.27. The molecule has 0 unspecified atom stereocenters. The van der Waals surface area contributed by atoms with E-state index in [4.69, 9.17) is 19.2 Å². The van der Waals surface area contributed by atoms with Crippen LogP contribution in [-0.2, 0) is 9.47 Å². The van der Waals surface area contributed by atoms with Crippen molar-refractivity contribution in [3.05, 3.63) is 30.0 Å². The molecule has 1 saturated heterocycles. The molecule has 2 fully saturated rings. The molecule has 1 aliphatic carbocycles. The van der Waals surface area contributed by atoms with Crippen molar-refractivity contribution in [2.45, 2.75) is 51.2 Å². The van der Waals surface area contributed by atoms with Crippen molar-refractivity contribution >= 4 is 27.4 Å². The number of thiazole rings is 1. The topological polar surface area (TPSA) is 98.6 Å². The lowest BCUT2D eigenvalue weighted by atomic mass is 10.1. The van der Waals surface area contributed by atoms with Gasteiger partial charge in [0.1, 0.15) is 16.9 Å². The zero-order chi connectivity index (χ0) is 21.8. The minimum atomic E-state index is -0.682. The van der Waals surface area contributed by atoms with E-state index in [-0.39, 0.29) is 30.8 Å². The van der Waals surface area contributed by atoms with Crippen molar-refractivity contribution in [2.24, 2.45) is 5.92 Å². The van der Waals surface area contributed by atoms with E-state index in [9.17, 15) is 5.11 Å². The highest BCUT2D eigenvalue weighted by Crippen LogP contribution is 2.44. The number of rotatable bonds is 5. The summed E-state index contributed by atoms with van der Waals surface area (Å²) >= 11 is 1.61. The number of fused-ring (bicyclic) bond motifs is 2. The van der Waals surface area contributed by atoms with Crippen LogP contribution in [0.15, 0.2) is 24.3 Å². The van der Waals surface area contributed by atoms with Crippen LogP contribution in [0.1, 0.15) is 26.0 Å². The second kappa shape index (κ2) is 7.67. The fourth-order valence-electron chi connectivity index (χ4n) is 4.56. The highest BCUT2D eigenvalue weighted by atomic mass is 32.1. The SMILES string of the molecule is COc1nc(C)c(-c2nc3ccccc3s2)c(N[C@@H]2C[C@H](CO)[C@H]3OC(C)(C)O[C@H]32)n1. The van der Waals surface area contributed by atoms with Gasteiger partial charge in [0.2, 0.25) is 0 Å². The number of methoxy groups -OCH3 is 1. The lowest BCUT2D eigenvalue weighted by molar-refractivity contribution is -0.158. The number of aliphatic hydroxyl groups is 1. The molecule has 1 aliphatic heterocycles. The van der Waals surface area contributed by atoms with Crippen molar-refractivity contribution in [3.8, 4) is 16.6 Å². The quantitative estimate of drug-likeness (QED) is 0.621. The summed E-state index contributed by atoms with van der Waals surface area (Å²) < 4.78 is 18.7. The number of ether oxygens (including phenoxy) is 3.